The Labute approximate surface area is 124 Å². The zero-order valence-electron chi connectivity index (χ0n) is 11.8. The van der Waals surface area contributed by atoms with Crippen LogP contribution in [0.1, 0.15) is 45.4 Å². The summed E-state index contributed by atoms with van der Waals surface area (Å²) in [6.07, 6.45) is 5.66. The quantitative estimate of drug-likeness (QED) is 0.868. The fourth-order valence-electron chi connectivity index (χ4n) is 3.56. The molecular formula is C15H21ClN2O2. The van der Waals surface area contributed by atoms with Gasteiger partial charge in [-0.05, 0) is 44.1 Å². The molecule has 1 N–H and O–H groups in total. The zero-order valence-corrected chi connectivity index (χ0v) is 12.6. The Morgan fingerprint density at radius 1 is 1.40 bits per heavy atom. The second kappa shape index (κ2) is 5.06. The van der Waals surface area contributed by atoms with Crippen LogP contribution in [0.5, 0.6) is 0 Å². The molecule has 3 rings (SSSR count). The first-order valence-corrected chi connectivity index (χ1v) is 7.90. The van der Waals surface area contributed by atoms with Crippen LogP contribution < -0.4 is 5.32 Å². The van der Waals surface area contributed by atoms with Crippen LogP contribution in [0, 0.1) is 5.92 Å². The van der Waals surface area contributed by atoms with Crippen molar-refractivity contribution < 1.29 is 9.59 Å². The number of hydrogen-bond donors (Lipinski definition) is 1. The van der Waals surface area contributed by atoms with Gasteiger partial charge >= 0.3 is 0 Å². The van der Waals surface area contributed by atoms with Gasteiger partial charge in [-0.15, -0.1) is 0 Å². The largest absolute Gasteiger partial charge is 0.342 e. The van der Waals surface area contributed by atoms with Crippen LogP contribution in [0.4, 0.5) is 0 Å². The van der Waals surface area contributed by atoms with E-state index >= 15 is 0 Å². The highest BCUT2D eigenvalue weighted by atomic mass is 35.5. The molecular weight excluding hydrogens is 276 g/mol. The Hall–Kier alpha value is -1.03. The highest BCUT2D eigenvalue weighted by molar-refractivity contribution is 6.25. The number of nitrogens with one attached hydrogen (secondary N) is 1. The molecule has 0 aromatic rings. The summed E-state index contributed by atoms with van der Waals surface area (Å²) in [5.41, 5.74) is 1.81. The van der Waals surface area contributed by atoms with E-state index in [9.17, 15) is 9.59 Å². The van der Waals surface area contributed by atoms with Crippen molar-refractivity contribution in [3.63, 3.8) is 0 Å². The van der Waals surface area contributed by atoms with Crippen molar-refractivity contribution >= 4 is 23.4 Å². The van der Waals surface area contributed by atoms with Gasteiger partial charge in [-0.25, -0.2) is 0 Å². The van der Waals surface area contributed by atoms with Gasteiger partial charge in [0.2, 0.25) is 11.8 Å². The number of piperazine rings is 1. The number of carbonyl (C=O) groups excluding carboxylic acids is 2. The van der Waals surface area contributed by atoms with Gasteiger partial charge in [-0.3, -0.25) is 9.59 Å². The van der Waals surface area contributed by atoms with Crippen LogP contribution >= 0.6 is 11.6 Å². The highest BCUT2D eigenvalue weighted by Gasteiger charge is 2.56. The molecule has 2 amide bonds. The molecule has 0 aromatic heterocycles. The summed E-state index contributed by atoms with van der Waals surface area (Å²) in [6, 6.07) is -0.308. The zero-order chi connectivity index (χ0) is 14.3. The molecule has 1 spiro atoms. The third kappa shape index (κ3) is 2.14. The van der Waals surface area contributed by atoms with Crippen molar-refractivity contribution in [3.8, 4) is 0 Å². The number of amides is 2. The van der Waals surface area contributed by atoms with Gasteiger partial charge in [0, 0.05) is 12.1 Å². The van der Waals surface area contributed by atoms with Gasteiger partial charge in [0.15, 0.2) is 0 Å². The summed E-state index contributed by atoms with van der Waals surface area (Å²) in [6.45, 7) is 2.38. The third-order valence-electron chi connectivity index (χ3n) is 4.88. The minimum atomic E-state index is -0.621. The number of rotatable bonds is 3. The van der Waals surface area contributed by atoms with E-state index < -0.39 is 5.54 Å². The maximum absolute atomic E-state index is 12.8. The second-order valence-corrected chi connectivity index (χ2v) is 6.63. The van der Waals surface area contributed by atoms with Gasteiger partial charge in [0.05, 0.1) is 0 Å². The molecule has 1 aliphatic heterocycles. The molecule has 0 radical (unpaired) electrons. The molecule has 0 aromatic carbocycles. The van der Waals surface area contributed by atoms with E-state index in [0.717, 1.165) is 44.1 Å². The van der Waals surface area contributed by atoms with Crippen LogP contribution in [0.2, 0.25) is 0 Å². The lowest BCUT2D eigenvalue weighted by atomic mass is 9.88. The second-order valence-electron chi connectivity index (χ2n) is 6.41. The average molecular weight is 297 g/mol. The minimum Gasteiger partial charge on any atom is -0.342 e. The van der Waals surface area contributed by atoms with Gasteiger partial charge in [-0.2, -0.15) is 0 Å². The van der Waals surface area contributed by atoms with Crippen molar-refractivity contribution in [3.05, 3.63) is 11.1 Å². The van der Waals surface area contributed by atoms with E-state index in [1.54, 1.807) is 0 Å². The summed E-state index contributed by atoms with van der Waals surface area (Å²) < 4.78 is 0. The van der Waals surface area contributed by atoms with E-state index in [0.29, 0.717) is 12.5 Å². The molecule has 110 valence electrons. The number of hydrogen-bond acceptors (Lipinski definition) is 2. The SMILES string of the molecule is CC(=CCl)CN1C(=O)C(C2CC2)NC(=O)C12CCCC2. The van der Waals surface area contributed by atoms with Gasteiger partial charge in [0.1, 0.15) is 11.6 Å². The van der Waals surface area contributed by atoms with Crippen molar-refractivity contribution in [1.29, 1.82) is 0 Å². The maximum atomic E-state index is 12.8. The maximum Gasteiger partial charge on any atom is 0.246 e. The topological polar surface area (TPSA) is 49.4 Å². The smallest absolute Gasteiger partial charge is 0.246 e. The molecule has 0 bridgehead atoms. The van der Waals surface area contributed by atoms with Crippen molar-refractivity contribution in [1.82, 2.24) is 10.2 Å². The van der Waals surface area contributed by atoms with E-state index in [1.165, 1.54) is 5.54 Å². The molecule has 2 aliphatic carbocycles. The Morgan fingerprint density at radius 3 is 2.60 bits per heavy atom. The predicted octanol–water partition coefficient (Wildman–Crippen LogP) is 2.18. The summed E-state index contributed by atoms with van der Waals surface area (Å²) in [5.74, 6) is 0.480. The molecule has 4 nitrogen and oxygen atoms in total. The van der Waals surface area contributed by atoms with Gasteiger partial charge in [-0.1, -0.05) is 24.4 Å². The van der Waals surface area contributed by atoms with Crippen LogP contribution in [-0.2, 0) is 9.59 Å². The molecule has 1 saturated heterocycles. The fourth-order valence-corrected chi connectivity index (χ4v) is 3.63. The summed E-state index contributed by atoms with van der Waals surface area (Å²) in [5, 5.41) is 3.00. The minimum absolute atomic E-state index is 0.0499. The Morgan fingerprint density at radius 2 is 2.05 bits per heavy atom. The molecule has 1 heterocycles. The Bertz CT molecular complexity index is 464. The Balaban J connectivity index is 1.91. The van der Waals surface area contributed by atoms with Crippen LogP contribution in [-0.4, -0.2) is 34.8 Å². The van der Waals surface area contributed by atoms with Crippen LogP contribution in [0.15, 0.2) is 11.1 Å². The molecule has 5 heteroatoms. The lowest BCUT2D eigenvalue weighted by molar-refractivity contribution is -0.157. The fraction of sp³-hybridized carbons (Fsp3) is 0.733. The van der Waals surface area contributed by atoms with E-state index in [-0.39, 0.29) is 17.9 Å². The molecule has 3 aliphatic rings. The number of carbonyl (C=O) groups is 2. The third-order valence-corrected chi connectivity index (χ3v) is 5.25. The lowest BCUT2D eigenvalue weighted by Crippen LogP contribution is -2.70. The lowest BCUT2D eigenvalue weighted by Gasteiger charge is -2.46. The molecule has 3 fully saturated rings. The molecule has 2 saturated carbocycles. The Kier molecular flexibility index (Phi) is 3.53. The van der Waals surface area contributed by atoms with E-state index in [2.05, 4.69) is 5.32 Å². The number of nitrogens with zero attached hydrogens (tertiary/aromatic N) is 1. The monoisotopic (exact) mass is 296 g/mol. The first-order valence-electron chi connectivity index (χ1n) is 7.47. The van der Waals surface area contributed by atoms with E-state index in [1.807, 2.05) is 11.8 Å². The number of halogens is 1. The summed E-state index contributed by atoms with van der Waals surface area (Å²) in [4.78, 5) is 27.3. The normalized spacial score (nSPS) is 30.0. The molecule has 1 unspecified atom stereocenters. The predicted molar refractivity (Wildman–Crippen MR) is 77.2 cm³/mol. The summed E-state index contributed by atoms with van der Waals surface area (Å²) >= 11 is 5.76. The van der Waals surface area contributed by atoms with Crippen molar-refractivity contribution in [2.75, 3.05) is 6.54 Å². The van der Waals surface area contributed by atoms with E-state index in [4.69, 9.17) is 11.6 Å². The molecule has 20 heavy (non-hydrogen) atoms. The highest BCUT2D eigenvalue weighted by Crippen LogP contribution is 2.42. The van der Waals surface area contributed by atoms with Crippen molar-refractivity contribution in [2.24, 2.45) is 5.92 Å². The standard InChI is InChI=1S/C15H21ClN2O2/c1-10(8-16)9-18-13(19)12(11-4-5-11)17-14(20)15(18)6-2-3-7-15/h8,11-12H,2-7,9H2,1H3,(H,17,20). The summed E-state index contributed by atoms with van der Waals surface area (Å²) in [7, 11) is 0. The van der Waals surface area contributed by atoms with Gasteiger partial charge < -0.3 is 10.2 Å². The average Bonchev–Trinajstić information content (AvgIpc) is 3.16. The molecule has 1 atom stereocenters. The van der Waals surface area contributed by atoms with Crippen LogP contribution in [0.3, 0.4) is 0 Å². The first-order chi connectivity index (χ1) is 9.58. The van der Waals surface area contributed by atoms with Crippen molar-refractivity contribution in [2.45, 2.75) is 57.0 Å². The van der Waals surface area contributed by atoms with Gasteiger partial charge in [0.25, 0.3) is 0 Å². The van der Waals surface area contributed by atoms with Crippen LogP contribution in [0.25, 0.3) is 0 Å². The first kappa shape index (κ1) is 13.9.